The molecule has 130 valence electrons. The van der Waals surface area contributed by atoms with Crippen molar-refractivity contribution in [3.05, 3.63) is 58.6 Å². The maximum atomic E-state index is 12.3. The molecule has 0 aliphatic carbocycles. The summed E-state index contributed by atoms with van der Waals surface area (Å²) >= 11 is 8.08. The summed E-state index contributed by atoms with van der Waals surface area (Å²) in [5, 5.41) is 1.76. The van der Waals surface area contributed by atoms with Crippen molar-refractivity contribution >= 4 is 39.0 Å². The minimum Gasteiger partial charge on any atom is -0.462 e. The van der Waals surface area contributed by atoms with Crippen molar-refractivity contribution in [2.75, 3.05) is 6.61 Å². The maximum Gasteiger partial charge on any atom is 0.338 e. The lowest BCUT2D eigenvalue weighted by atomic mass is 10.0. The van der Waals surface area contributed by atoms with E-state index in [0.717, 1.165) is 16.9 Å². The summed E-state index contributed by atoms with van der Waals surface area (Å²) in [6.45, 7) is 6.59. The second-order valence-corrected chi connectivity index (χ2v) is 7.95. The zero-order valence-electron chi connectivity index (χ0n) is 14.6. The lowest BCUT2D eigenvalue weighted by Gasteiger charge is -2.09. The average molecular weight is 373 g/mol. The summed E-state index contributed by atoms with van der Waals surface area (Å²) in [7, 11) is 0. The van der Waals surface area contributed by atoms with Crippen molar-refractivity contribution in [1.82, 2.24) is 0 Å². The van der Waals surface area contributed by atoms with Crippen LogP contribution in [-0.4, -0.2) is 12.6 Å². The number of hydrogen-bond donors (Lipinski definition) is 0. The standard InChI is InChI=1S/C21H21ClO2S/c1-4-24-21(23)16-6-5-7-17(22)20(16)19-12-15-11-14(10-13(2)3)8-9-18(15)25-19/h5-9,11-13H,4,10H2,1-3H3. The Labute approximate surface area is 157 Å². The number of carbonyl (C=O) groups excluding carboxylic acids is 1. The summed E-state index contributed by atoms with van der Waals surface area (Å²) in [4.78, 5) is 13.3. The molecule has 0 saturated carbocycles. The molecular weight excluding hydrogens is 352 g/mol. The van der Waals surface area contributed by atoms with Gasteiger partial charge < -0.3 is 4.74 Å². The molecule has 0 unspecified atom stereocenters. The summed E-state index contributed by atoms with van der Waals surface area (Å²) in [6.07, 6.45) is 1.06. The van der Waals surface area contributed by atoms with E-state index in [1.54, 1.807) is 30.4 Å². The number of esters is 1. The third kappa shape index (κ3) is 3.88. The van der Waals surface area contributed by atoms with Crippen LogP contribution in [-0.2, 0) is 11.2 Å². The van der Waals surface area contributed by atoms with Crippen molar-refractivity contribution in [3.63, 3.8) is 0 Å². The molecule has 0 spiro atoms. The van der Waals surface area contributed by atoms with Crippen LogP contribution in [0, 0.1) is 5.92 Å². The summed E-state index contributed by atoms with van der Waals surface area (Å²) < 4.78 is 6.38. The van der Waals surface area contributed by atoms with Crippen LogP contribution < -0.4 is 0 Å². The van der Waals surface area contributed by atoms with E-state index in [-0.39, 0.29) is 5.97 Å². The van der Waals surface area contributed by atoms with Gasteiger partial charge in [0.1, 0.15) is 0 Å². The van der Waals surface area contributed by atoms with E-state index in [0.29, 0.717) is 23.1 Å². The molecule has 1 aromatic heterocycles. The van der Waals surface area contributed by atoms with Gasteiger partial charge in [-0.3, -0.25) is 0 Å². The first-order valence-electron chi connectivity index (χ1n) is 8.48. The number of fused-ring (bicyclic) bond motifs is 1. The molecule has 0 radical (unpaired) electrons. The Kier molecular flexibility index (Phi) is 5.45. The van der Waals surface area contributed by atoms with Gasteiger partial charge in [0.05, 0.1) is 17.2 Å². The van der Waals surface area contributed by atoms with Crippen molar-refractivity contribution in [2.24, 2.45) is 5.92 Å². The van der Waals surface area contributed by atoms with Crippen LogP contribution in [0.15, 0.2) is 42.5 Å². The van der Waals surface area contributed by atoms with Gasteiger partial charge >= 0.3 is 5.97 Å². The second-order valence-electron chi connectivity index (χ2n) is 6.46. The predicted octanol–water partition coefficient (Wildman–Crippen LogP) is 6.60. The highest BCUT2D eigenvalue weighted by Gasteiger charge is 2.18. The van der Waals surface area contributed by atoms with Gasteiger partial charge in [0.15, 0.2) is 0 Å². The zero-order valence-corrected chi connectivity index (χ0v) is 16.2. The molecule has 2 aromatic carbocycles. The fraction of sp³-hybridized carbons (Fsp3) is 0.286. The zero-order chi connectivity index (χ0) is 18.0. The average Bonchev–Trinajstić information content (AvgIpc) is 2.96. The van der Waals surface area contributed by atoms with Gasteiger partial charge in [-0.15, -0.1) is 11.3 Å². The molecule has 0 saturated heterocycles. The first kappa shape index (κ1) is 18.0. The van der Waals surface area contributed by atoms with E-state index in [4.69, 9.17) is 16.3 Å². The minimum absolute atomic E-state index is 0.335. The Morgan fingerprint density at radius 1 is 1.20 bits per heavy atom. The summed E-state index contributed by atoms with van der Waals surface area (Å²) in [5.41, 5.74) is 2.61. The monoisotopic (exact) mass is 372 g/mol. The van der Waals surface area contributed by atoms with Gasteiger partial charge in [0.25, 0.3) is 0 Å². The summed E-state index contributed by atoms with van der Waals surface area (Å²) in [6, 6.07) is 14.1. The highest BCUT2D eigenvalue weighted by Crippen LogP contribution is 2.39. The lowest BCUT2D eigenvalue weighted by Crippen LogP contribution is -2.06. The van der Waals surface area contributed by atoms with Crippen molar-refractivity contribution < 1.29 is 9.53 Å². The molecule has 0 aliphatic heterocycles. The first-order chi connectivity index (χ1) is 12.0. The number of hydrogen-bond acceptors (Lipinski definition) is 3. The van der Waals surface area contributed by atoms with Crippen LogP contribution in [0.1, 0.15) is 36.7 Å². The molecular formula is C21H21ClO2S. The molecule has 3 rings (SSSR count). The Balaban J connectivity index is 2.09. The van der Waals surface area contributed by atoms with Crippen molar-refractivity contribution in [1.29, 1.82) is 0 Å². The molecule has 4 heteroatoms. The molecule has 25 heavy (non-hydrogen) atoms. The van der Waals surface area contributed by atoms with E-state index >= 15 is 0 Å². The number of thiophene rings is 1. The van der Waals surface area contributed by atoms with Crippen molar-refractivity contribution in [3.8, 4) is 10.4 Å². The normalized spacial score (nSPS) is 11.2. The SMILES string of the molecule is CCOC(=O)c1cccc(Cl)c1-c1cc2cc(CC(C)C)ccc2s1. The molecule has 1 heterocycles. The lowest BCUT2D eigenvalue weighted by molar-refractivity contribution is 0.0527. The van der Waals surface area contributed by atoms with Crippen LogP contribution in [0.4, 0.5) is 0 Å². The van der Waals surface area contributed by atoms with E-state index < -0.39 is 0 Å². The fourth-order valence-electron chi connectivity index (χ4n) is 2.97. The Morgan fingerprint density at radius 3 is 2.72 bits per heavy atom. The van der Waals surface area contributed by atoms with E-state index in [1.165, 1.54) is 15.6 Å². The number of benzene rings is 2. The highest BCUT2D eigenvalue weighted by atomic mass is 35.5. The molecule has 3 aromatic rings. The Hall–Kier alpha value is -1.84. The number of halogens is 1. The fourth-order valence-corrected chi connectivity index (χ4v) is 4.42. The maximum absolute atomic E-state index is 12.3. The van der Waals surface area contributed by atoms with Gasteiger partial charge in [-0.25, -0.2) is 4.79 Å². The Morgan fingerprint density at radius 2 is 2.00 bits per heavy atom. The molecule has 0 N–H and O–H groups in total. The van der Waals surface area contributed by atoms with Crippen LogP contribution in [0.5, 0.6) is 0 Å². The molecule has 0 amide bonds. The van der Waals surface area contributed by atoms with Crippen LogP contribution in [0.25, 0.3) is 20.5 Å². The van der Waals surface area contributed by atoms with Gasteiger partial charge in [-0.05, 0) is 54.5 Å². The molecule has 0 fully saturated rings. The van der Waals surface area contributed by atoms with E-state index in [1.807, 2.05) is 6.07 Å². The van der Waals surface area contributed by atoms with Gasteiger partial charge in [-0.1, -0.05) is 43.6 Å². The number of carbonyl (C=O) groups is 1. The number of ether oxygens (including phenoxy) is 1. The van der Waals surface area contributed by atoms with E-state index in [9.17, 15) is 4.79 Å². The van der Waals surface area contributed by atoms with Gasteiger partial charge in [0, 0.05) is 15.1 Å². The quantitative estimate of drug-likeness (QED) is 0.472. The smallest absolute Gasteiger partial charge is 0.338 e. The Bertz CT molecular complexity index is 911. The predicted molar refractivity (Wildman–Crippen MR) is 107 cm³/mol. The van der Waals surface area contributed by atoms with E-state index in [2.05, 4.69) is 38.1 Å². The van der Waals surface area contributed by atoms with Gasteiger partial charge in [0.2, 0.25) is 0 Å². The summed E-state index contributed by atoms with van der Waals surface area (Å²) in [5.74, 6) is 0.285. The van der Waals surface area contributed by atoms with Crippen LogP contribution in [0.2, 0.25) is 5.02 Å². The molecule has 0 atom stereocenters. The number of rotatable bonds is 5. The largest absolute Gasteiger partial charge is 0.462 e. The third-order valence-electron chi connectivity index (χ3n) is 3.98. The molecule has 0 bridgehead atoms. The second kappa shape index (κ2) is 7.59. The van der Waals surface area contributed by atoms with Gasteiger partial charge in [-0.2, -0.15) is 0 Å². The minimum atomic E-state index is -0.335. The van der Waals surface area contributed by atoms with Crippen LogP contribution >= 0.6 is 22.9 Å². The topological polar surface area (TPSA) is 26.3 Å². The highest BCUT2D eigenvalue weighted by molar-refractivity contribution is 7.22. The molecule has 2 nitrogen and oxygen atoms in total. The third-order valence-corrected chi connectivity index (χ3v) is 5.43. The molecule has 0 aliphatic rings. The first-order valence-corrected chi connectivity index (χ1v) is 9.67. The van der Waals surface area contributed by atoms with Crippen molar-refractivity contribution in [2.45, 2.75) is 27.2 Å². The van der Waals surface area contributed by atoms with Crippen LogP contribution in [0.3, 0.4) is 0 Å².